The molecule has 4 heteroatoms. The van der Waals surface area contributed by atoms with Crippen molar-refractivity contribution in [2.75, 3.05) is 19.6 Å². The summed E-state index contributed by atoms with van der Waals surface area (Å²) >= 11 is 0. The minimum Gasteiger partial charge on any atom is -0.352 e. The lowest BCUT2D eigenvalue weighted by molar-refractivity contribution is -0.122. The number of carbonyl (C=O) groups excluding carboxylic acids is 1. The van der Waals surface area contributed by atoms with Crippen LogP contribution in [0.1, 0.15) is 52.4 Å². The Morgan fingerprint density at radius 1 is 1.35 bits per heavy atom. The van der Waals surface area contributed by atoms with Gasteiger partial charge in [-0.15, -0.1) is 0 Å². The van der Waals surface area contributed by atoms with Gasteiger partial charge in [0.15, 0.2) is 0 Å². The predicted octanol–water partition coefficient (Wildman–Crippen LogP) is 1.74. The summed E-state index contributed by atoms with van der Waals surface area (Å²) in [7, 11) is 0. The first-order valence-electron chi connectivity index (χ1n) is 8.32. The van der Waals surface area contributed by atoms with Gasteiger partial charge in [-0.2, -0.15) is 0 Å². The third-order valence-corrected chi connectivity index (χ3v) is 4.85. The summed E-state index contributed by atoms with van der Waals surface area (Å²) in [5, 5.41) is 3.15. The highest BCUT2D eigenvalue weighted by Crippen LogP contribution is 2.26. The number of likely N-dealkylation sites (tertiary alicyclic amines) is 1. The number of hydrogen-bond donors (Lipinski definition) is 2. The lowest BCUT2D eigenvalue weighted by atomic mass is 9.99. The van der Waals surface area contributed by atoms with Gasteiger partial charge in [-0.1, -0.05) is 13.3 Å². The first kappa shape index (κ1) is 15.8. The smallest absolute Gasteiger partial charge is 0.220 e. The second kappa shape index (κ2) is 7.41. The third kappa shape index (κ3) is 4.74. The summed E-state index contributed by atoms with van der Waals surface area (Å²) in [5.74, 6) is 1.38. The fourth-order valence-electron chi connectivity index (χ4n) is 3.78. The number of amides is 1. The van der Waals surface area contributed by atoms with Crippen molar-refractivity contribution in [3.8, 4) is 0 Å². The van der Waals surface area contributed by atoms with Crippen molar-refractivity contribution < 1.29 is 4.79 Å². The molecule has 2 aliphatic rings. The topological polar surface area (TPSA) is 58.4 Å². The van der Waals surface area contributed by atoms with Crippen LogP contribution in [0.25, 0.3) is 0 Å². The maximum absolute atomic E-state index is 12.1. The monoisotopic (exact) mass is 281 g/mol. The molecule has 2 fully saturated rings. The maximum atomic E-state index is 12.1. The molecule has 116 valence electrons. The van der Waals surface area contributed by atoms with E-state index in [1.165, 1.54) is 32.4 Å². The molecule has 4 atom stereocenters. The van der Waals surface area contributed by atoms with Crippen LogP contribution in [0.3, 0.4) is 0 Å². The van der Waals surface area contributed by atoms with Crippen molar-refractivity contribution in [2.45, 2.75) is 64.5 Å². The molecule has 3 N–H and O–H groups in total. The van der Waals surface area contributed by atoms with Crippen molar-refractivity contribution in [3.05, 3.63) is 0 Å². The Morgan fingerprint density at radius 2 is 2.15 bits per heavy atom. The fraction of sp³-hybridized carbons (Fsp3) is 0.938. The molecule has 20 heavy (non-hydrogen) atoms. The van der Waals surface area contributed by atoms with Crippen molar-refractivity contribution in [1.82, 2.24) is 10.2 Å². The number of nitrogens with one attached hydrogen (secondary N) is 1. The SMILES string of the molecule is CC1CCCN(CC(C)NC(=O)C[C@@H]2CCC[C@H]2N)C1. The van der Waals surface area contributed by atoms with E-state index >= 15 is 0 Å². The van der Waals surface area contributed by atoms with Crippen molar-refractivity contribution in [1.29, 1.82) is 0 Å². The lowest BCUT2D eigenvalue weighted by Crippen LogP contribution is -2.45. The van der Waals surface area contributed by atoms with Gasteiger partial charge in [-0.3, -0.25) is 4.79 Å². The zero-order valence-corrected chi connectivity index (χ0v) is 13.1. The molecule has 2 unspecified atom stereocenters. The van der Waals surface area contributed by atoms with E-state index in [9.17, 15) is 4.79 Å². The Hall–Kier alpha value is -0.610. The van der Waals surface area contributed by atoms with E-state index in [1.54, 1.807) is 0 Å². The largest absolute Gasteiger partial charge is 0.352 e. The van der Waals surface area contributed by atoms with Crippen LogP contribution in [0.15, 0.2) is 0 Å². The Kier molecular flexibility index (Phi) is 5.85. The predicted molar refractivity (Wildman–Crippen MR) is 82.4 cm³/mol. The Bertz CT molecular complexity index is 321. The molecule has 1 saturated carbocycles. The molecule has 0 aromatic rings. The number of rotatable bonds is 5. The molecule has 0 aromatic carbocycles. The van der Waals surface area contributed by atoms with Gasteiger partial charge in [0.25, 0.3) is 0 Å². The van der Waals surface area contributed by atoms with Crippen molar-refractivity contribution in [3.63, 3.8) is 0 Å². The minimum atomic E-state index is 0.185. The van der Waals surface area contributed by atoms with Gasteiger partial charge in [0.2, 0.25) is 5.91 Å². The molecule has 1 amide bonds. The van der Waals surface area contributed by atoms with Crippen molar-refractivity contribution in [2.24, 2.45) is 17.6 Å². The van der Waals surface area contributed by atoms with E-state index < -0.39 is 0 Å². The van der Waals surface area contributed by atoms with Gasteiger partial charge >= 0.3 is 0 Å². The van der Waals surface area contributed by atoms with E-state index in [0.717, 1.165) is 25.3 Å². The van der Waals surface area contributed by atoms with Crippen molar-refractivity contribution >= 4 is 5.91 Å². The van der Waals surface area contributed by atoms with Crippen LogP contribution in [0.4, 0.5) is 0 Å². The highest BCUT2D eigenvalue weighted by molar-refractivity contribution is 5.76. The van der Waals surface area contributed by atoms with Crippen LogP contribution in [0.5, 0.6) is 0 Å². The van der Waals surface area contributed by atoms with E-state index in [-0.39, 0.29) is 18.0 Å². The highest BCUT2D eigenvalue weighted by atomic mass is 16.1. The van der Waals surface area contributed by atoms with Gasteiger partial charge in [-0.05, 0) is 51.0 Å². The van der Waals surface area contributed by atoms with E-state index in [1.807, 2.05) is 0 Å². The zero-order chi connectivity index (χ0) is 14.5. The maximum Gasteiger partial charge on any atom is 0.220 e. The summed E-state index contributed by atoms with van der Waals surface area (Å²) in [6, 6.07) is 0.476. The fourth-order valence-corrected chi connectivity index (χ4v) is 3.78. The van der Waals surface area contributed by atoms with Crippen LogP contribution in [-0.4, -0.2) is 42.5 Å². The van der Waals surface area contributed by atoms with Crippen LogP contribution < -0.4 is 11.1 Å². The summed E-state index contributed by atoms with van der Waals surface area (Å²) in [6.45, 7) is 7.77. The highest BCUT2D eigenvalue weighted by Gasteiger charge is 2.26. The molecule has 0 aromatic heterocycles. The zero-order valence-electron chi connectivity index (χ0n) is 13.1. The first-order chi connectivity index (χ1) is 9.54. The van der Waals surface area contributed by atoms with Gasteiger partial charge in [0.1, 0.15) is 0 Å². The molecule has 0 bridgehead atoms. The summed E-state index contributed by atoms with van der Waals surface area (Å²) in [6.07, 6.45) is 6.63. The standard InChI is InChI=1S/C16H31N3O/c1-12-5-4-8-19(10-12)11-13(2)18-16(20)9-14-6-3-7-15(14)17/h12-15H,3-11,17H2,1-2H3,(H,18,20)/t12?,13?,14-,15+/m0/s1. The molecule has 0 spiro atoms. The van der Waals surface area contributed by atoms with Crippen LogP contribution in [-0.2, 0) is 4.79 Å². The molecular formula is C16H31N3O. The number of nitrogens with two attached hydrogens (primary N) is 1. The minimum absolute atomic E-state index is 0.185. The number of nitrogens with zero attached hydrogens (tertiary/aromatic N) is 1. The molecule has 1 aliphatic heterocycles. The molecule has 1 heterocycles. The number of hydrogen-bond acceptors (Lipinski definition) is 3. The molecule has 1 aliphatic carbocycles. The van der Waals surface area contributed by atoms with Gasteiger partial charge in [0, 0.05) is 31.6 Å². The van der Waals surface area contributed by atoms with Gasteiger partial charge in [0.05, 0.1) is 0 Å². The lowest BCUT2D eigenvalue weighted by Gasteiger charge is -2.33. The molecule has 1 saturated heterocycles. The average molecular weight is 281 g/mol. The second-order valence-electron chi connectivity index (χ2n) is 7.03. The average Bonchev–Trinajstić information content (AvgIpc) is 2.74. The van der Waals surface area contributed by atoms with Crippen LogP contribution in [0.2, 0.25) is 0 Å². The van der Waals surface area contributed by atoms with E-state index in [0.29, 0.717) is 12.3 Å². The molecule has 0 radical (unpaired) electrons. The Labute approximate surface area is 123 Å². The van der Waals surface area contributed by atoms with Crippen LogP contribution in [0, 0.1) is 11.8 Å². The number of piperidine rings is 1. The summed E-state index contributed by atoms with van der Waals surface area (Å²) in [5.41, 5.74) is 6.03. The molecular weight excluding hydrogens is 250 g/mol. The Morgan fingerprint density at radius 3 is 2.80 bits per heavy atom. The third-order valence-electron chi connectivity index (χ3n) is 4.85. The van der Waals surface area contributed by atoms with Gasteiger partial charge < -0.3 is 16.0 Å². The van der Waals surface area contributed by atoms with E-state index in [2.05, 4.69) is 24.1 Å². The number of carbonyl (C=O) groups is 1. The summed E-state index contributed by atoms with van der Waals surface area (Å²) in [4.78, 5) is 14.6. The molecule has 2 rings (SSSR count). The second-order valence-corrected chi connectivity index (χ2v) is 7.03. The first-order valence-corrected chi connectivity index (χ1v) is 8.32. The molecule has 4 nitrogen and oxygen atoms in total. The van der Waals surface area contributed by atoms with Crippen LogP contribution >= 0.6 is 0 Å². The Balaban J connectivity index is 1.68. The quantitative estimate of drug-likeness (QED) is 0.807. The van der Waals surface area contributed by atoms with Gasteiger partial charge in [-0.25, -0.2) is 0 Å². The summed E-state index contributed by atoms with van der Waals surface area (Å²) < 4.78 is 0. The normalized spacial score (nSPS) is 33.0. The van der Waals surface area contributed by atoms with E-state index in [4.69, 9.17) is 5.73 Å².